The van der Waals surface area contributed by atoms with Crippen LogP contribution < -0.4 is 5.32 Å². The van der Waals surface area contributed by atoms with E-state index < -0.39 is 32.5 Å². The number of amides is 1. The maximum absolute atomic E-state index is 12.1. The molecular weight excluding hydrogens is 477 g/mol. The van der Waals surface area contributed by atoms with Crippen molar-refractivity contribution in [2.24, 2.45) is 0 Å². The fourth-order valence-electron chi connectivity index (χ4n) is 3.39. The van der Waals surface area contributed by atoms with Gasteiger partial charge >= 0.3 is 19.8 Å². The molecule has 0 aromatic heterocycles. The van der Waals surface area contributed by atoms with Gasteiger partial charge in [-0.1, -0.05) is 71.1 Å². The second-order valence-corrected chi connectivity index (χ2v) is 10.0. The Morgan fingerprint density at radius 3 is 1.83 bits per heavy atom. The minimum Gasteiger partial charge on any atom is -0.462 e. The first-order chi connectivity index (χ1) is 16.6. The summed E-state index contributed by atoms with van der Waals surface area (Å²) in [6.45, 7) is 3.42. The molecule has 0 fully saturated rings. The fourth-order valence-corrected chi connectivity index (χ4v) is 3.75. The maximum Gasteiger partial charge on any atom is 0.469 e. The van der Waals surface area contributed by atoms with Crippen molar-refractivity contribution in [3.05, 3.63) is 0 Å². The van der Waals surface area contributed by atoms with Gasteiger partial charge in [-0.3, -0.25) is 18.9 Å². The summed E-state index contributed by atoms with van der Waals surface area (Å²) in [4.78, 5) is 52.7. The molecule has 0 saturated heterocycles. The van der Waals surface area contributed by atoms with E-state index in [0.717, 1.165) is 44.9 Å². The molecule has 11 heteroatoms. The van der Waals surface area contributed by atoms with Crippen LogP contribution in [0.5, 0.6) is 0 Å². The molecule has 3 N–H and O–H groups in total. The van der Waals surface area contributed by atoms with Crippen LogP contribution in [-0.4, -0.2) is 53.5 Å². The predicted octanol–water partition coefficient (Wildman–Crippen LogP) is 4.56. The molecule has 0 spiro atoms. The number of nitrogens with one attached hydrogen (secondary N) is 1. The Bertz CT molecular complexity index is 624. The molecule has 10 nitrogen and oxygen atoms in total. The molecule has 0 aliphatic rings. The van der Waals surface area contributed by atoms with Crippen LogP contribution in [0.4, 0.5) is 0 Å². The Morgan fingerprint density at radius 2 is 1.29 bits per heavy atom. The monoisotopic (exact) mass is 523 g/mol. The zero-order chi connectivity index (χ0) is 26.4. The third-order valence-electron chi connectivity index (χ3n) is 5.32. The van der Waals surface area contributed by atoms with Crippen molar-refractivity contribution < 1.29 is 42.7 Å². The van der Waals surface area contributed by atoms with Crippen LogP contribution in [0.15, 0.2) is 0 Å². The zero-order valence-corrected chi connectivity index (χ0v) is 22.4. The van der Waals surface area contributed by atoms with E-state index in [9.17, 15) is 18.9 Å². The van der Waals surface area contributed by atoms with Crippen LogP contribution in [0.3, 0.4) is 0 Å². The number of carbonyl (C=O) groups excluding carboxylic acids is 3. The lowest BCUT2D eigenvalue weighted by Crippen LogP contribution is -2.29. The highest BCUT2D eigenvalue weighted by Gasteiger charge is 2.22. The summed E-state index contributed by atoms with van der Waals surface area (Å²) in [5.41, 5.74) is 0. The van der Waals surface area contributed by atoms with Crippen molar-refractivity contribution in [3.8, 4) is 0 Å². The van der Waals surface area contributed by atoms with E-state index in [1.165, 1.54) is 32.6 Å². The summed E-state index contributed by atoms with van der Waals surface area (Å²) in [6, 6.07) is 0. The molecule has 0 rings (SSSR count). The SMILES string of the molecule is CCCCCCCCCCC(=O)O[C@H](COC(=O)CCCCCCCNC(C)=O)COP(=O)(O)O. The van der Waals surface area contributed by atoms with Crippen LogP contribution in [0.2, 0.25) is 0 Å². The molecule has 0 bridgehead atoms. The lowest BCUT2D eigenvalue weighted by molar-refractivity contribution is -0.161. The van der Waals surface area contributed by atoms with Gasteiger partial charge in [-0.15, -0.1) is 0 Å². The van der Waals surface area contributed by atoms with Gasteiger partial charge in [0.25, 0.3) is 0 Å². The average Bonchev–Trinajstić information content (AvgIpc) is 2.78. The molecule has 0 aromatic rings. The minimum absolute atomic E-state index is 0.0453. The topological polar surface area (TPSA) is 148 Å². The van der Waals surface area contributed by atoms with Crippen LogP contribution in [0, 0.1) is 0 Å². The molecular formula is C24H46NO9P. The van der Waals surface area contributed by atoms with Crippen molar-refractivity contribution >= 4 is 25.7 Å². The van der Waals surface area contributed by atoms with E-state index in [1.54, 1.807) is 0 Å². The van der Waals surface area contributed by atoms with E-state index >= 15 is 0 Å². The van der Waals surface area contributed by atoms with Crippen LogP contribution in [0.25, 0.3) is 0 Å². The van der Waals surface area contributed by atoms with Gasteiger partial charge in [0, 0.05) is 26.3 Å². The van der Waals surface area contributed by atoms with Crippen molar-refractivity contribution in [3.63, 3.8) is 0 Å². The first-order valence-corrected chi connectivity index (χ1v) is 14.5. The quantitative estimate of drug-likeness (QED) is 0.0995. The average molecular weight is 524 g/mol. The van der Waals surface area contributed by atoms with Gasteiger partial charge in [-0.05, 0) is 19.3 Å². The molecule has 0 radical (unpaired) electrons. The first-order valence-electron chi connectivity index (χ1n) is 12.9. The van der Waals surface area contributed by atoms with Gasteiger partial charge in [0.1, 0.15) is 6.61 Å². The minimum atomic E-state index is -4.75. The number of hydrogen-bond acceptors (Lipinski definition) is 7. The molecule has 0 heterocycles. The standard InChI is InChI=1S/C24H46NO9P/c1-3-4-5-6-7-8-10-14-17-24(28)34-22(20-33-35(29,30)31)19-32-23(27)16-13-11-9-12-15-18-25-21(2)26/h22H,3-20H2,1-2H3,(H,25,26)(H2,29,30,31)/t22-/m1/s1. The van der Waals surface area contributed by atoms with Crippen molar-refractivity contribution in [1.29, 1.82) is 0 Å². The second kappa shape index (κ2) is 21.8. The molecule has 206 valence electrons. The highest BCUT2D eigenvalue weighted by Crippen LogP contribution is 2.35. The molecule has 0 saturated carbocycles. The van der Waals surface area contributed by atoms with Crippen LogP contribution >= 0.6 is 7.82 Å². The zero-order valence-electron chi connectivity index (χ0n) is 21.5. The van der Waals surface area contributed by atoms with Gasteiger partial charge < -0.3 is 24.6 Å². The normalized spacial score (nSPS) is 12.2. The number of phosphoric acid groups is 1. The van der Waals surface area contributed by atoms with E-state index in [1.807, 2.05) is 0 Å². The molecule has 0 aromatic carbocycles. The number of hydrogen-bond donors (Lipinski definition) is 3. The Kier molecular flexibility index (Phi) is 20.9. The second-order valence-electron chi connectivity index (χ2n) is 8.81. The lowest BCUT2D eigenvalue weighted by Gasteiger charge is -2.18. The Morgan fingerprint density at radius 1 is 0.771 bits per heavy atom. The molecule has 1 atom stereocenters. The Labute approximate surface area is 210 Å². The number of phosphoric ester groups is 1. The van der Waals surface area contributed by atoms with Gasteiger partial charge in [0.2, 0.25) is 5.91 Å². The summed E-state index contributed by atoms with van der Waals surface area (Å²) in [5.74, 6) is -1.02. The number of unbranched alkanes of at least 4 members (excludes halogenated alkanes) is 11. The molecule has 0 aliphatic carbocycles. The van der Waals surface area contributed by atoms with Crippen molar-refractivity contribution in [1.82, 2.24) is 5.32 Å². The number of esters is 2. The molecule has 0 aliphatic heterocycles. The van der Waals surface area contributed by atoms with Crippen LogP contribution in [-0.2, 0) is 32.9 Å². The molecule has 35 heavy (non-hydrogen) atoms. The Balaban J connectivity index is 4.13. The summed E-state index contributed by atoms with van der Waals surface area (Å²) in [6.07, 6.45) is 12.2. The van der Waals surface area contributed by atoms with E-state index in [2.05, 4.69) is 16.8 Å². The summed E-state index contributed by atoms with van der Waals surface area (Å²) < 4.78 is 25.8. The van der Waals surface area contributed by atoms with Gasteiger partial charge in [-0.2, -0.15) is 0 Å². The highest BCUT2D eigenvalue weighted by atomic mass is 31.2. The number of rotatable bonds is 23. The van der Waals surface area contributed by atoms with Gasteiger partial charge in [0.05, 0.1) is 6.61 Å². The third kappa shape index (κ3) is 25.4. The first kappa shape index (κ1) is 33.5. The lowest BCUT2D eigenvalue weighted by atomic mass is 10.1. The Hall–Kier alpha value is -1.48. The van der Waals surface area contributed by atoms with Crippen molar-refractivity contribution in [2.45, 2.75) is 116 Å². The third-order valence-corrected chi connectivity index (χ3v) is 5.81. The number of carbonyl (C=O) groups is 3. The molecule has 1 amide bonds. The van der Waals surface area contributed by atoms with E-state index in [-0.39, 0.29) is 25.4 Å². The van der Waals surface area contributed by atoms with Crippen molar-refractivity contribution in [2.75, 3.05) is 19.8 Å². The predicted molar refractivity (Wildman–Crippen MR) is 132 cm³/mol. The van der Waals surface area contributed by atoms with Gasteiger partial charge in [0.15, 0.2) is 6.10 Å². The molecule has 0 unspecified atom stereocenters. The van der Waals surface area contributed by atoms with E-state index in [4.69, 9.17) is 19.3 Å². The largest absolute Gasteiger partial charge is 0.469 e. The summed E-state index contributed by atoms with van der Waals surface area (Å²) in [5, 5.41) is 2.73. The highest BCUT2D eigenvalue weighted by molar-refractivity contribution is 7.46. The van der Waals surface area contributed by atoms with Crippen LogP contribution in [0.1, 0.15) is 110 Å². The smallest absolute Gasteiger partial charge is 0.462 e. The van der Waals surface area contributed by atoms with Gasteiger partial charge in [-0.25, -0.2) is 4.57 Å². The maximum atomic E-state index is 12.1. The van der Waals surface area contributed by atoms with E-state index in [0.29, 0.717) is 19.4 Å². The number of ether oxygens (including phenoxy) is 2. The summed E-state index contributed by atoms with van der Waals surface area (Å²) >= 11 is 0. The summed E-state index contributed by atoms with van der Waals surface area (Å²) in [7, 11) is -4.75. The fraction of sp³-hybridized carbons (Fsp3) is 0.875.